The maximum Gasteiger partial charge on any atom is 0.273 e. The molecule has 204 valence electrons. The van der Waals surface area contributed by atoms with Crippen molar-refractivity contribution in [2.75, 3.05) is 21.5 Å². The summed E-state index contributed by atoms with van der Waals surface area (Å²) in [7, 11) is 1.51. The molecule has 0 spiro atoms. The molecule has 0 bridgehead atoms. The molecule has 0 amide bonds. The predicted octanol–water partition coefficient (Wildman–Crippen LogP) is 4.82. The van der Waals surface area contributed by atoms with Gasteiger partial charge in [0.15, 0.2) is 0 Å². The molecule has 0 fully saturated rings. The number of benzene rings is 3. The van der Waals surface area contributed by atoms with E-state index < -0.39 is 5.56 Å². The van der Waals surface area contributed by atoms with Gasteiger partial charge in [-0.25, -0.2) is 4.98 Å². The quantitative estimate of drug-likeness (QED) is 0.174. The number of nitriles is 1. The number of halogens is 1. The van der Waals surface area contributed by atoms with Crippen LogP contribution in [0.3, 0.4) is 0 Å². The lowest BCUT2D eigenvalue weighted by Gasteiger charge is -2.15. The van der Waals surface area contributed by atoms with Gasteiger partial charge in [0.2, 0.25) is 23.8 Å². The largest absolute Gasteiger partial charge is 0.350 e. The summed E-state index contributed by atoms with van der Waals surface area (Å²) in [5.41, 5.74) is 8.14. The Morgan fingerprint density at radius 3 is 1.83 bits per heavy atom. The monoisotopic (exact) mass is 564 g/mol. The highest BCUT2D eigenvalue weighted by Crippen LogP contribution is 2.23. The molecular weight excluding hydrogens is 540 g/mol. The Hall–Kier alpha value is -5.47. The van der Waals surface area contributed by atoms with Crippen molar-refractivity contribution >= 4 is 35.4 Å². The van der Waals surface area contributed by atoms with Crippen LogP contribution < -0.4 is 27.0 Å². The fourth-order valence-electron chi connectivity index (χ4n) is 3.89. The van der Waals surface area contributed by atoms with E-state index in [9.17, 15) is 10.1 Å². The first kappa shape index (κ1) is 27.1. The zero-order chi connectivity index (χ0) is 28.6. The average Bonchev–Trinajstić information content (AvgIpc) is 3.01. The SMILES string of the molecule is Cn1c(NNc2nc(NCc3ccccc3)nc(NCc3ccccc3)n2)nc(-c2ccc(Cl)cc2)c(C#N)c1=O. The first-order chi connectivity index (χ1) is 20.0. The molecule has 5 rings (SSSR count). The molecule has 5 aromatic rings. The summed E-state index contributed by atoms with van der Waals surface area (Å²) in [6, 6.07) is 28.4. The number of aromatic nitrogens is 5. The fourth-order valence-corrected chi connectivity index (χ4v) is 4.01. The Bertz CT molecular complexity index is 1680. The molecule has 0 saturated carbocycles. The van der Waals surface area contributed by atoms with E-state index in [1.165, 1.54) is 11.6 Å². The lowest BCUT2D eigenvalue weighted by atomic mass is 10.1. The van der Waals surface area contributed by atoms with Gasteiger partial charge in [-0.1, -0.05) is 84.4 Å². The Balaban J connectivity index is 1.41. The van der Waals surface area contributed by atoms with Crippen molar-refractivity contribution in [1.82, 2.24) is 24.5 Å². The van der Waals surface area contributed by atoms with Crippen molar-refractivity contribution in [3.63, 3.8) is 0 Å². The summed E-state index contributed by atoms with van der Waals surface area (Å²) in [5, 5.41) is 16.6. The smallest absolute Gasteiger partial charge is 0.273 e. The van der Waals surface area contributed by atoms with Crippen LogP contribution in [0.25, 0.3) is 11.3 Å². The second-order valence-corrected chi connectivity index (χ2v) is 9.31. The Morgan fingerprint density at radius 1 is 0.756 bits per heavy atom. The second kappa shape index (κ2) is 12.6. The number of hydrazine groups is 1. The van der Waals surface area contributed by atoms with Crippen LogP contribution in [0.15, 0.2) is 89.7 Å². The highest BCUT2D eigenvalue weighted by atomic mass is 35.5. The summed E-state index contributed by atoms with van der Waals surface area (Å²) < 4.78 is 1.23. The molecule has 0 atom stereocenters. The molecule has 0 unspecified atom stereocenters. The van der Waals surface area contributed by atoms with Gasteiger partial charge >= 0.3 is 0 Å². The first-order valence-corrected chi connectivity index (χ1v) is 13.0. The molecular formula is C29H25ClN10O. The molecule has 0 aliphatic carbocycles. The van der Waals surface area contributed by atoms with Crippen LogP contribution in [0.2, 0.25) is 5.02 Å². The summed E-state index contributed by atoms with van der Waals surface area (Å²) in [4.78, 5) is 31.0. The molecule has 41 heavy (non-hydrogen) atoms. The minimum Gasteiger partial charge on any atom is -0.350 e. The molecule has 3 aromatic carbocycles. The van der Waals surface area contributed by atoms with E-state index in [0.29, 0.717) is 35.6 Å². The molecule has 2 heterocycles. The van der Waals surface area contributed by atoms with E-state index in [1.54, 1.807) is 24.3 Å². The summed E-state index contributed by atoms with van der Waals surface area (Å²) in [6.07, 6.45) is 0. The Labute approximate surface area is 240 Å². The maximum atomic E-state index is 13.0. The standard InChI is InChI=1S/C29H25ClN10O/c1-40-25(41)23(16-31)24(21-12-14-22(30)15-13-21)34-29(40)39-38-28-36-26(32-17-19-8-4-2-5-9-19)35-27(37-28)33-18-20-10-6-3-7-11-20/h2-15H,17-18H2,1H3,(H,34,39)(H3,32,33,35,36,37,38). The second-order valence-electron chi connectivity index (χ2n) is 8.88. The first-order valence-electron chi connectivity index (χ1n) is 12.6. The molecule has 4 N–H and O–H groups in total. The molecule has 0 radical (unpaired) electrons. The highest BCUT2D eigenvalue weighted by molar-refractivity contribution is 6.30. The lowest BCUT2D eigenvalue weighted by Crippen LogP contribution is -2.27. The van der Waals surface area contributed by atoms with Crippen molar-refractivity contribution in [2.45, 2.75) is 13.1 Å². The fraction of sp³-hybridized carbons (Fsp3) is 0.103. The molecule has 12 heteroatoms. The van der Waals surface area contributed by atoms with Gasteiger partial charge in [-0.15, -0.1) is 0 Å². The van der Waals surface area contributed by atoms with Gasteiger partial charge in [0.25, 0.3) is 5.56 Å². The van der Waals surface area contributed by atoms with E-state index in [0.717, 1.165) is 11.1 Å². The summed E-state index contributed by atoms with van der Waals surface area (Å²) >= 11 is 6.02. The number of anilines is 4. The van der Waals surface area contributed by atoms with Gasteiger partial charge in [-0.05, 0) is 23.3 Å². The normalized spacial score (nSPS) is 10.5. The van der Waals surface area contributed by atoms with Crippen LogP contribution in [-0.2, 0) is 20.1 Å². The zero-order valence-electron chi connectivity index (χ0n) is 22.0. The summed E-state index contributed by atoms with van der Waals surface area (Å²) in [6.45, 7) is 1.01. The summed E-state index contributed by atoms with van der Waals surface area (Å²) in [5.74, 6) is 1.01. The van der Waals surface area contributed by atoms with Crippen molar-refractivity contribution < 1.29 is 0 Å². The molecule has 11 nitrogen and oxygen atoms in total. The number of nitrogens with one attached hydrogen (secondary N) is 4. The van der Waals surface area contributed by atoms with E-state index in [1.807, 2.05) is 66.7 Å². The number of hydrogen-bond donors (Lipinski definition) is 4. The average molecular weight is 565 g/mol. The van der Waals surface area contributed by atoms with Gasteiger partial charge in [-0.3, -0.25) is 20.2 Å². The van der Waals surface area contributed by atoms with Crippen LogP contribution in [0, 0.1) is 11.3 Å². The molecule has 0 saturated heterocycles. The molecule has 0 aliphatic heterocycles. The van der Waals surface area contributed by atoms with E-state index in [4.69, 9.17) is 11.6 Å². The zero-order valence-corrected chi connectivity index (χ0v) is 22.7. The molecule has 2 aromatic heterocycles. The van der Waals surface area contributed by atoms with E-state index >= 15 is 0 Å². The van der Waals surface area contributed by atoms with E-state index in [-0.39, 0.29) is 23.2 Å². The third-order valence-corrected chi connectivity index (χ3v) is 6.28. The Kier molecular flexibility index (Phi) is 8.32. The van der Waals surface area contributed by atoms with Gasteiger partial charge in [-0.2, -0.15) is 20.2 Å². The number of hydrogen-bond acceptors (Lipinski definition) is 10. The maximum absolute atomic E-state index is 13.0. The van der Waals surface area contributed by atoms with E-state index in [2.05, 4.69) is 41.4 Å². The minimum atomic E-state index is -0.511. The third-order valence-electron chi connectivity index (χ3n) is 6.03. The molecule has 0 aliphatic rings. The minimum absolute atomic E-state index is 0.0830. The van der Waals surface area contributed by atoms with Crippen molar-refractivity contribution in [3.8, 4) is 17.3 Å². The van der Waals surface area contributed by atoms with Crippen LogP contribution in [0.1, 0.15) is 16.7 Å². The topological polar surface area (TPSA) is 145 Å². The van der Waals surface area contributed by atoms with Crippen LogP contribution in [0.4, 0.5) is 23.8 Å². The van der Waals surface area contributed by atoms with Gasteiger partial charge in [0.05, 0.1) is 5.69 Å². The number of rotatable bonds is 10. The van der Waals surface area contributed by atoms with Crippen molar-refractivity contribution in [1.29, 1.82) is 5.26 Å². The number of nitrogens with zero attached hydrogens (tertiary/aromatic N) is 6. The Morgan fingerprint density at radius 2 is 1.29 bits per heavy atom. The van der Waals surface area contributed by atoms with Crippen LogP contribution in [-0.4, -0.2) is 24.5 Å². The highest BCUT2D eigenvalue weighted by Gasteiger charge is 2.17. The van der Waals surface area contributed by atoms with Gasteiger partial charge < -0.3 is 10.6 Å². The third kappa shape index (κ3) is 6.76. The van der Waals surface area contributed by atoms with Crippen LogP contribution in [0.5, 0.6) is 0 Å². The van der Waals surface area contributed by atoms with Gasteiger partial charge in [0.1, 0.15) is 11.6 Å². The van der Waals surface area contributed by atoms with Gasteiger partial charge in [0, 0.05) is 30.7 Å². The predicted molar refractivity (Wildman–Crippen MR) is 159 cm³/mol. The van der Waals surface area contributed by atoms with Crippen molar-refractivity contribution in [3.05, 3.63) is 117 Å². The lowest BCUT2D eigenvalue weighted by molar-refractivity contribution is 0.828. The van der Waals surface area contributed by atoms with Crippen LogP contribution >= 0.6 is 11.6 Å². The van der Waals surface area contributed by atoms with Crippen molar-refractivity contribution in [2.24, 2.45) is 7.05 Å².